The number of aromatic carboxylic acids is 1. The van der Waals surface area contributed by atoms with Gasteiger partial charge in [-0.25, -0.2) is 9.59 Å². The third-order valence-corrected chi connectivity index (χ3v) is 6.24. The second-order valence-corrected chi connectivity index (χ2v) is 9.68. The van der Waals surface area contributed by atoms with Gasteiger partial charge in [0.25, 0.3) is 0 Å². The van der Waals surface area contributed by atoms with Gasteiger partial charge in [0, 0.05) is 30.3 Å². The zero-order valence-electron chi connectivity index (χ0n) is 23.4. The second kappa shape index (κ2) is 15.1. The van der Waals surface area contributed by atoms with Crippen molar-refractivity contribution in [2.75, 3.05) is 24.7 Å². The number of hydrogen-bond acceptors (Lipinski definition) is 7. The van der Waals surface area contributed by atoms with Crippen LogP contribution in [0.5, 0.6) is 11.5 Å². The first kappa shape index (κ1) is 33.7. The van der Waals surface area contributed by atoms with Crippen LogP contribution >= 0.6 is 0 Å². The van der Waals surface area contributed by atoms with Gasteiger partial charge in [-0.2, -0.15) is 22.0 Å². The molecule has 0 aliphatic rings. The maximum absolute atomic E-state index is 14.7. The molecule has 0 aliphatic heterocycles. The van der Waals surface area contributed by atoms with E-state index in [4.69, 9.17) is 25.7 Å². The highest BCUT2D eigenvalue weighted by molar-refractivity contribution is 5.92. The fraction of sp³-hybridized carbons (Fsp3) is 0.290. The Balaban J connectivity index is 1.45. The molecule has 8 nitrogen and oxygen atoms in total. The Kier molecular flexibility index (Phi) is 11.5. The molecule has 0 bridgehead atoms. The zero-order valence-corrected chi connectivity index (χ0v) is 23.4. The van der Waals surface area contributed by atoms with Crippen LogP contribution in [-0.4, -0.2) is 36.4 Å². The lowest BCUT2D eigenvalue weighted by molar-refractivity contribution is -0.185. The molecule has 0 saturated carbocycles. The van der Waals surface area contributed by atoms with E-state index in [0.717, 1.165) is 18.2 Å². The van der Waals surface area contributed by atoms with Gasteiger partial charge in [-0.05, 0) is 85.0 Å². The first-order chi connectivity index (χ1) is 20.7. The molecule has 0 unspecified atom stereocenters. The highest BCUT2D eigenvalue weighted by Gasteiger charge is 2.34. The molecule has 0 aromatic heterocycles. The van der Waals surface area contributed by atoms with Crippen LogP contribution in [0.2, 0.25) is 0 Å². The van der Waals surface area contributed by atoms with E-state index in [0.29, 0.717) is 24.2 Å². The number of carboxylic acid groups (broad SMARTS) is 1. The summed E-state index contributed by atoms with van der Waals surface area (Å²) in [5.41, 5.74) is 12.1. The number of alkyl halides is 5. The maximum Gasteiger partial charge on any atom is 0.426 e. The van der Waals surface area contributed by atoms with Crippen molar-refractivity contribution in [1.82, 2.24) is 0 Å². The van der Waals surface area contributed by atoms with Crippen molar-refractivity contribution in [2.24, 2.45) is 0 Å². The van der Waals surface area contributed by atoms with Crippen LogP contribution in [0.3, 0.4) is 0 Å². The second-order valence-electron chi connectivity index (χ2n) is 9.68. The Morgan fingerprint density at radius 2 is 1.50 bits per heavy atom. The predicted molar refractivity (Wildman–Crippen MR) is 153 cm³/mol. The molecule has 44 heavy (non-hydrogen) atoms. The molecule has 0 fully saturated rings. The molecule has 0 heterocycles. The van der Waals surface area contributed by atoms with Gasteiger partial charge in [-0.15, -0.1) is 0 Å². The van der Waals surface area contributed by atoms with Crippen molar-refractivity contribution < 1.29 is 50.9 Å². The topological polar surface area (TPSA) is 134 Å². The number of nitrogen functional groups attached to an aromatic ring is 2. The van der Waals surface area contributed by atoms with Crippen LogP contribution in [-0.2, 0) is 22.1 Å². The molecule has 0 amide bonds. The lowest BCUT2D eigenvalue weighted by atomic mass is 10.0. The number of esters is 1. The van der Waals surface area contributed by atoms with Gasteiger partial charge in [-0.3, -0.25) is 0 Å². The van der Waals surface area contributed by atoms with Crippen molar-refractivity contribution in [2.45, 2.75) is 44.4 Å². The highest BCUT2D eigenvalue weighted by Crippen LogP contribution is 2.33. The highest BCUT2D eigenvalue weighted by atomic mass is 19.4. The van der Waals surface area contributed by atoms with Crippen LogP contribution in [0.15, 0.2) is 66.7 Å². The third kappa shape index (κ3) is 10.8. The molecule has 5 N–H and O–H groups in total. The summed E-state index contributed by atoms with van der Waals surface area (Å²) >= 11 is 0. The smallest absolute Gasteiger partial charge is 0.426 e. The van der Waals surface area contributed by atoms with Crippen molar-refractivity contribution in [3.05, 3.63) is 89.0 Å². The first-order valence-corrected chi connectivity index (χ1v) is 13.5. The minimum absolute atomic E-state index is 0.000355. The van der Waals surface area contributed by atoms with E-state index in [9.17, 15) is 36.6 Å². The summed E-state index contributed by atoms with van der Waals surface area (Å²) < 4.78 is 81.2. The lowest BCUT2D eigenvalue weighted by Gasteiger charge is -2.18. The molecule has 3 aromatic rings. The molecule has 0 atom stereocenters. The average Bonchev–Trinajstić information content (AvgIpc) is 2.95. The van der Waals surface area contributed by atoms with E-state index in [1.165, 1.54) is 54.6 Å². The van der Waals surface area contributed by atoms with Gasteiger partial charge in [0.15, 0.2) is 0 Å². The summed E-state index contributed by atoms with van der Waals surface area (Å²) in [4.78, 5) is 23.5. The van der Waals surface area contributed by atoms with Crippen molar-refractivity contribution in [1.29, 1.82) is 0 Å². The molecule has 0 radical (unpaired) electrons. The number of halogens is 5. The predicted octanol–water partition coefficient (Wildman–Crippen LogP) is 6.98. The van der Waals surface area contributed by atoms with Crippen molar-refractivity contribution in [3.63, 3.8) is 0 Å². The number of unbranched alkanes of at least 4 members (excludes halogenated alkanes) is 2. The van der Waals surface area contributed by atoms with E-state index >= 15 is 0 Å². The summed E-state index contributed by atoms with van der Waals surface area (Å²) in [5, 5.41) is 9.34. The summed E-state index contributed by atoms with van der Waals surface area (Å²) in [6.07, 6.45) is -5.40. The molecular weight excluding hydrogens is 591 g/mol. The molecular formula is C31H31F5N2O6. The fourth-order valence-electron chi connectivity index (χ4n) is 4.05. The van der Waals surface area contributed by atoms with Crippen LogP contribution in [0.1, 0.15) is 52.7 Å². The summed E-state index contributed by atoms with van der Waals surface area (Å²) in [7, 11) is 0. The number of hydrogen-bond donors (Lipinski definition) is 3. The number of carbonyl (C=O) groups excluding carboxylic acids is 1. The van der Waals surface area contributed by atoms with Gasteiger partial charge >= 0.3 is 24.2 Å². The summed E-state index contributed by atoms with van der Waals surface area (Å²) in [6.45, 7) is 0.0207. The number of benzene rings is 3. The van der Waals surface area contributed by atoms with Crippen LogP contribution in [0, 0.1) is 0 Å². The van der Waals surface area contributed by atoms with Crippen LogP contribution in [0.4, 0.5) is 33.3 Å². The molecule has 0 spiro atoms. The molecule has 0 saturated heterocycles. The van der Waals surface area contributed by atoms with Gasteiger partial charge in [-0.1, -0.05) is 12.1 Å². The van der Waals surface area contributed by atoms with E-state index in [1.807, 2.05) is 0 Å². The number of carbonyl (C=O) groups is 2. The van der Waals surface area contributed by atoms with Gasteiger partial charge < -0.3 is 30.8 Å². The maximum atomic E-state index is 14.7. The Bertz CT molecular complexity index is 1440. The Morgan fingerprint density at radius 3 is 2.14 bits per heavy atom. The third-order valence-electron chi connectivity index (χ3n) is 6.24. The van der Waals surface area contributed by atoms with Gasteiger partial charge in [0.1, 0.15) is 11.5 Å². The van der Waals surface area contributed by atoms with E-state index in [2.05, 4.69) is 0 Å². The normalized spacial score (nSPS) is 11.8. The summed E-state index contributed by atoms with van der Waals surface area (Å²) in [5.74, 6) is -1.76. The van der Waals surface area contributed by atoms with E-state index in [-0.39, 0.29) is 54.3 Å². The van der Waals surface area contributed by atoms with Gasteiger partial charge in [0.2, 0.25) is 0 Å². The monoisotopic (exact) mass is 622 g/mol. The molecule has 236 valence electrons. The average molecular weight is 623 g/mol. The fourth-order valence-corrected chi connectivity index (χ4v) is 4.05. The minimum Gasteiger partial charge on any atom is -0.494 e. The molecule has 3 rings (SSSR count). The van der Waals surface area contributed by atoms with E-state index < -0.39 is 36.2 Å². The van der Waals surface area contributed by atoms with Crippen LogP contribution < -0.4 is 20.9 Å². The SMILES string of the molecule is Nc1cc(N)c(CCOC(=O)C=Cc2ccc(OC(F)(F)c3ccc(OCCCCCC(F)(F)F)cc3)cc2)c(C(=O)O)c1. The largest absolute Gasteiger partial charge is 0.494 e. The Labute approximate surface area is 250 Å². The zero-order chi connectivity index (χ0) is 32.3. The number of ether oxygens (including phenoxy) is 3. The minimum atomic E-state index is -4.19. The number of rotatable bonds is 15. The van der Waals surface area contributed by atoms with E-state index in [1.54, 1.807) is 0 Å². The molecule has 3 aromatic carbocycles. The number of carboxylic acids is 1. The summed E-state index contributed by atoms with van der Waals surface area (Å²) in [6, 6.07) is 13.1. The van der Waals surface area contributed by atoms with Crippen molar-refractivity contribution >= 4 is 29.4 Å². The standard InChI is InChI=1S/C31H31F5N2O6/c32-30(33,34)15-2-1-3-16-42-23-11-7-21(8-12-23)31(35,36)44-24-9-4-20(5-10-24)6-13-28(39)43-17-14-25-26(29(40)41)18-22(37)19-27(25)38/h4-13,18-19H,1-3,14-17,37-38H2,(H,40,41). The van der Waals surface area contributed by atoms with Crippen molar-refractivity contribution in [3.8, 4) is 11.5 Å². The quantitative estimate of drug-likeness (QED) is 0.0544. The van der Waals surface area contributed by atoms with Gasteiger partial charge in [0.05, 0.1) is 24.3 Å². The Hall–Kier alpha value is -4.81. The molecule has 13 heteroatoms. The lowest BCUT2D eigenvalue weighted by Crippen LogP contribution is -2.21. The number of anilines is 2. The Morgan fingerprint density at radius 1 is 0.841 bits per heavy atom. The molecule has 0 aliphatic carbocycles. The van der Waals surface area contributed by atoms with Crippen LogP contribution in [0.25, 0.3) is 6.08 Å². The number of nitrogens with two attached hydrogens (primary N) is 2. The first-order valence-electron chi connectivity index (χ1n) is 13.5.